The molecule has 3 aromatic rings. The lowest BCUT2D eigenvalue weighted by Crippen LogP contribution is -2.19. The van der Waals surface area contributed by atoms with Crippen LogP contribution < -0.4 is 10.1 Å². The molecule has 1 atom stereocenters. The van der Waals surface area contributed by atoms with Crippen molar-refractivity contribution < 1.29 is 13.3 Å². The SMILES string of the molecule is Cc1cc(N=S(C)(C)=O)cc2ncnc(Nc3ccc(F)cc3OC(C)C(C)C)c12. The van der Waals surface area contributed by atoms with E-state index in [1.54, 1.807) is 24.6 Å². The van der Waals surface area contributed by atoms with Gasteiger partial charge in [0.1, 0.15) is 23.7 Å². The lowest BCUT2D eigenvalue weighted by atomic mass is 10.1. The second kappa shape index (κ2) is 8.55. The molecule has 1 N–H and O–H groups in total. The summed E-state index contributed by atoms with van der Waals surface area (Å²) in [6, 6.07) is 8.01. The van der Waals surface area contributed by atoms with Gasteiger partial charge in [0.2, 0.25) is 0 Å². The maximum atomic E-state index is 13.9. The van der Waals surface area contributed by atoms with Gasteiger partial charge in [0.05, 0.1) is 23.0 Å². The Balaban J connectivity index is 2.06. The predicted molar refractivity (Wildman–Crippen MR) is 121 cm³/mol. The van der Waals surface area contributed by atoms with Crippen molar-refractivity contribution in [1.82, 2.24) is 9.97 Å². The first-order valence-corrected chi connectivity index (χ1v) is 12.0. The fourth-order valence-corrected chi connectivity index (χ4v) is 3.55. The highest BCUT2D eigenvalue weighted by atomic mass is 32.2. The van der Waals surface area contributed by atoms with E-state index in [0.717, 1.165) is 10.9 Å². The molecule has 6 nitrogen and oxygen atoms in total. The Kier molecular flexibility index (Phi) is 6.26. The number of ether oxygens (including phenoxy) is 1. The van der Waals surface area contributed by atoms with Crippen LogP contribution in [0.5, 0.6) is 5.75 Å². The first kappa shape index (κ1) is 22.0. The highest BCUT2D eigenvalue weighted by Gasteiger charge is 2.15. The third-order valence-corrected chi connectivity index (χ3v) is 5.34. The van der Waals surface area contributed by atoms with Gasteiger partial charge in [-0.25, -0.2) is 18.6 Å². The molecule has 30 heavy (non-hydrogen) atoms. The van der Waals surface area contributed by atoms with Gasteiger partial charge in [0.25, 0.3) is 0 Å². The smallest absolute Gasteiger partial charge is 0.146 e. The molecule has 1 unspecified atom stereocenters. The molecule has 0 amide bonds. The number of hydrogen-bond donors (Lipinski definition) is 1. The van der Waals surface area contributed by atoms with E-state index in [4.69, 9.17) is 4.74 Å². The zero-order valence-electron chi connectivity index (χ0n) is 18.1. The molecular weight excluding hydrogens is 403 g/mol. The summed E-state index contributed by atoms with van der Waals surface area (Å²) >= 11 is 0. The van der Waals surface area contributed by atoms with E-state index in [-0.39, 0.29) is 17.8 Å². The molecule has 0 saturated heterocycles. The first-order valence-electron chi connectivity index (χ1n) is 9.69. The summed E-state index contributed by atoms with van der Waals surface area (Å²) in [5.41, 5.74) is 2.78. The number of nitrogens with zero attached hydrogens (tertiary/aromatic N) is 3. The Morgan fingerprint density at radius 2 is 1.87 bits per heavy atom. The van der Waals surface area contributed by atoms with Gasteiger partial charge in [0, 0.05) is 33.7 Å². The number of rotatable bonds is 6. The fourth-order valence-electron chi connectivity index (χ4n) is 2.94. The minimum absolute atomic E-state index is 0.0849. The molecule has 0 aliphatic rings. The van der Waals surface area contributed by atoms with Crippen molar-refractivity contribution in [2.24, 2.45) is 10.3 Å². The van der Waals surface area contributed by atoms with Crippen molar-refractivity contribution in [3.8, 4) is 5.75 Å². The van der Waals surface area contributed by atoms with Crippen LogP contribution in [0.15, 0.2) is 41.0 Å². The van der Waals surface area contributed by atoms with Crippen LogP contribution in [0.1, 0.15) is 26.3 Å². The summed E-state index contributed by atoms with van der Waals surface area (Å²) in [6.07, 6.45) is 4.55. The van der Waals surface area contributed by atoms with E-state index in [1.807, 2.05) is 33.8 Å². The second-order valence-electron chi connectivity index (χ2n) is 7.98. The van der Waals surface area contributed by atoms with Gasteiger partial charge in [-0.3, -0.25) is 0 Å². The third-order valence-electron chi connectivity index (χ3n) is 4.69. The topological polar surface area (TPSA) is 76.5 Å². The van der Waals surface area contributed by atoms with Crippen molar-refractivity contribution >= 4 is 37.8 Å². The van der Waals surface area contributed by atoms with Crippen LogP contribution in [0.2, 0.25) is 0 Å². The zero-order chi connectivity index (χ0) is 22.1. The number of benzene rings is 2. The Hall–Kier alpha value is -2.74. The van der Waals surface area contributed by atoms with Crippen LogP contribution in [0.3, 0.4) is 0 Å². The van der Waals surface area contributed by atoms with Gasteiger partial charge >= 0.3 is 0 Å². The minimum atomic E-state index is -2.29. The van der Waals surface area contributed by atoms with Gasteiger partial charge in [-0.2, -0.15) is 4.36 Å². The Morgan fingerprint density at radius 3 is 2.53 bits per heavy atom. The number of anilines is 2. The molecule has 0 aliphatic heterocycles. The molecule has 0 radical (unpaired) electrons. The van der Waals surface area contributed by atoms with Crippen molar-refractivity contribution in [2.75, 3.05) is 17.8 Å². The summed E-state index contributed by atoms with van der Waals surface area (Å²) in [5.74, 6) is 0.900. The highest BCUT2D eigenvalue weighted by molar-refractivity contribution is 7.92. The van der Waals surface area contributed by atoms with E-state index in [9.17, 15) is 8.60 Å². The third kappa shape index (κ3) is 5.24. The van der Waals surface area contributed by atoms with E-state index in [2.05, 4.69) is 19.6 Å². The van der Waals surface area contributed by atoms with Gasteiger partial charge in [-0.15, -0.1) is 0 Å². The quantitative estimate of drug-likeness (QED) is 0.551. The normalized spacial score (nSPS) is 12.8. The van der Waals surface area contributed by atoms with Gasteiger partial charge in [0.15, 0.2) is 0 Å². The summed E-state index contributed by atoms with van der Waals surface area (Å²) in [6.45, 7) is 7.97. The highest BCUT2D eigenvalue weighted by Crippen LogP contribution is 2.34. The summed E-state index contributed by atoms with van der Waals surface area (Å²) in [5, 5.41) is 4.07. The van der Waals surface area contributed by atoms with Crippen molar-refractivity contribution in [3.05, 3.63) is 48.0 Å². The van der Waals surface area contributed by atoms with E-state index in [0.29, 0.717) is 28.5 Å². The molecule has 160 valence electrons. The second-order valence-corrected chi connectivity index (χ2v) is 10.5. The molecule has 8 heteroatoms. The molecule has 3 rings (SSSR count). The molecular formula is C22H27FN4O2S. The molecule has 0 saturated carbocycles. The molecule has 0 spiro atoms. The Labute approximate surface area is 177 Å². The van der Waals surface area contributed by atoms with Gasteiger partial charge in [-0.05, 0) is 49.6 Å². The standard InChI is InChI=1S/C22H27FN4O2S/c1-13(2)15(4)29-20-10-16(23)7-8-18(20)26-22-21-14(3)9-17(27-30(5,6)28)11-19(21)24-12-25-22/h7-13,15H,1-6H3,(H,24,25,26). The lowest BCUT2D eigenvalue weighted by molar-refractivity contribution is 0.171. The van der Waals surface area contributed by atoms with Crippen LogP contribution in [0.25, 0.3) is 10.9 Å². The number of halogens is 1. The maximum absolute atomic E-state index is 13.9. The molecule has 0 fully saturated rings. The van der Waals surface area contributed by atoms with Gasteiger partial charge in [-0.1, -0.05) is 13.8 Å². The fraction of sp³-hybridized carbons (Fsp3) is 0.364. The largest absolute Gasteiger partial charge is 0.488 e. The van der Waals surface area contributed by atoms with Crippen molar-refractivity contribution in [2.45, 2.75) is 33.8 Å². The number of hydrogen-bond acceptors (Lipinski definition) is 6. The Bertz CT molecular complexity index is 1200. The van der Waals surface area contributed by atoms with Crippen LogP contribution in [0.4, 0.5) is 21.6 Å². The minimum Gasteiger partial charge on any atom is -0.488 e. The monoisotopic (exact) mass is 430 g/mol. The number of aromatic nitrogens is 2. The molecule has 0 aliphatic carbocycles. The van der Waals surface area contributed by atoms with Crippen LogP contribution in [0, 0.1) is 18.7 Å². The summed E-state index contributed by atoms with van der Waals surface area (Å²) < 4.78 is 36.2. The molecule has 0 bridgehead atoms. The van der Waals surface area contributed by atoms with Crippen LogP contribution in [-0.4, -0.2) is 32.8 Å². The van der Waals surface area contributed by atoms with Crippen molar-refractivity contribution in [3.63, 3.8) is 0 Å². The molecule has 1 aromatic heterocycles. The summed E-state index contributed by atoms with van der Waals surface area (Å²) in [4.78, 5) is 8.73. The number of fused-ring (bicyclic) bond motifs is 1. The lowest BCUT2D eigenvalue weighted by Gasteiger charge is -2.21. The number of nitrogens with one attached hydrogen (secondary N) is 1. The molecule has 1 heterocycles. The van der Waals surface area contributed by atoms with Gasteiger partial charge < -0.3 is 10.1 Å². The average molecular weight is 431 g/mol. The zero-order valence-corrected chi connectivity index (χ0v) is 18.9. The predicted octanol–water partition coefficient (Wildman–Crippen LogP) is 5.60. The summed E-state index contributed by atoms with van der Waals surface area (Å²) in [7, 11) is -2.29. The van der Waals surface area contributed by atoms with E-state index in [1.165, 1.54) is 18.5 Å². The first-order chi connectivity index (χ1) is 14.0. The van der Waals surface area contributed by atoms with E-state index >= 15 is 0 Å². The maximum Gasteiger partial charge on any atom is 0.146 e. The Morgan fingerprint density at radius 1 is 1.13 bits per heavy atom. The van der Waals surface area contributed by atoms with Crippen LogP contribution in [-0.2, 0) is 9.73 Å². The van der Waals surface area contributed by atoms with E-state index < -0.39 is 9.73 Å². The average Bonchev–Trinajstić information content (AvgIpc) is 2.62. The number of aryl methyl sites for hydroxylation is 1. The van der Waals surface area contributed by atoms with Crippen LogP contribution >= 0.6 is 0 Å². The molecule has 2 aromatic carbocycles. The van der Waals surface area contributed by atoms with Crippen molar-refractivity contribution in [1.29, 1.82) is 0 Å².